The highest BCUT2D eigenvalue weighted by Crippen LogP contribution is 2.29. The summed E-state index contributed by atoms with van der Waals surface area (Å²) in [6.45, 7) is 3.19. The SMILES string of the molecule is COc1cc(NC(C)CCCN(Cc2ccccc2OC)C(=O)Nc2ccc(SC)cc2)c2ncccc2c1. The fraction of sp³-hybridized carbons (Fsp3) is 0.290. The summed E-state index contributed by atoms with van der Waals surface area (Å²) in [6.07, 6.45) is 5.51. The molecule has 0 fully saturated rings. The highest BCUT2D eigenvalue weighted by molar-refractivity contribution is 7.98. The largest absolute Gasteiger partial charge is 0.497 e. The molecule has 0 radical (unpaired) electrons. The van der Waals surface area contributed by atoms with Crippen molar-refractivity contribution in [2.45, 2.75) is 37.2 Å². The first-order valence-electron chi connectivity index (χ1n) is 13.0. The Balaban J connectivity index is 1.43. The number of rotatable bonds is 12. The Morgan fingerprint density at radius 1 is 1.03 bits per heavy atom. The Labute approximate surface area is 234 Å². The molecule has 4 rings (SSSR count). The number of urea groups is 1. The van der Waals surface area contributed by atoms with E-state index in [0.29, 0.717) is 13.1 Å². The van der Waals surface area contributed by atoms with Crippen molar-refractivity contribution in [1.82, 2.24) is 9.88 Å². The van der Waals surface area contributed by atoms with Crippen LogP contribution in [-0.2, 0) is 6.54 Å². The maximum absolute atomic E-state index is 13.4. The van der Waals surface area contributed by atoms with Crippen molar-refractivity contribution in [1.29, 1.82) is 0 Å². The molecule has 1 atom stereocenters. The lowest BCUT2D eigenvalue weighted by molar-refractivity contribution is 0.207. The summed E-state index contributed by atoms with van der Waals surface area (Å²) >= 11 is 1.67. The molecule has 3 aromatic carbocycles. The van der Waals surface area contributed by atoms with E-state index in [9.17, 15) is 4.79 Å². The zero-order valence-electron chi connectivity index (χ0n) is 22.9. The molecule has 4 aromatic rings. The number of nitrogens with one attached hydrogen (secondary N) is 2. The second-order valence-corrected chi connectivity index (χ2v) is 10.2. The molecule has 1 heterocycles. The average Bonchev–Trinajstić information content (AvgIpc) is 2.97. The normalized spacial score (nSPS) is 11.6. The third-order valence-electron chi connectivity index (χ3n) is 6.56. The average molecular weight is 545 g/mol. The number of hydrogen-bond donors (Lipinski definition) is 2. The molecule has 1 unspecified atom stereocenters. The molecule has 0 saturated carbocycles. The van der Waals surface area contributed by atoms with E-state index >= 15 is 0 Å². The molecule has 2 amide bonds. The number of amides is 2. The van der Waals surface area contributed by atoms with Crippen molar-refractivity contribution in [2.75, 3.05) is 37.7 Å². The summed E-state index contributed by atoms with van der Waals surface area (Å²) in [5.41, 5.74) is 3.59. The molecular formula is C31H36N4O3S. The Morgan fingerprint density at radius 3 is 2.56 bits per heavy atom. The van der Waals surface area contributed by atoms with Crippen LogP contribution in [0, 0.1) is 0 Å². The van der Waals surface area contributed by atoms with Gasteiger partial charge in [-0.3, -0.25) is 4.98 Å². The number of carbonyl (C=O) groups excluding carboxylic acids is 1. The fourth-order valence-corrected chi connectivity index (χ4v) is 4.90. The van der Waals surface area contributed by atoms with Gasteiger partial charge in [-0.15, -0.1) is 11.8 Å². The number of ether oxygens (including phenoxy) is 2. The zero-order valence-corrected chi connectivity index (χ0v) is 23.8. The minimum absolute atomic E-state index is 0.138. The van der Waals surface area contributed by atoms with Crippen LogP contribution in [-0.4, -0.2) is 49.0 Å². The number of nitrogens with zero attached hydrogens (tertiary/aromatic N) is 2. The maximum Gasteiger partial charge on any atom is 0.322 e. The van der Waals surface area contributed by atoms with E-state index in [1.54, 1.807) is 32.2 Å². The minimum Gasteiger partial charge on any atom is -0.497 e. The molecule has 1 aromatic heterocycles. The molecule has 2 N–H and O–H groups in total. The van der Waals surface area contributed by atoms with Crippen LogP contribution in [0.3, 0.4) is 0 Å². The van der Waals surface area contributed by atoms with E-state index in [1.165, 1.54) is 0 Å². The summed E-state index contributed by atoms with van der Waals surface area (Å²) in [5, 5.41) is 7.68. The Kier molecular flexibility index (Phi) is 9.91. The zero-order chi connectivity index (χ0) is 27.6. The lowest BCUT2D eigenvalue weighted by Gasteiger charge is -2.25. The van der Waals surface area contributed by atoms with Gasteiger partial charge in [0.1, 0.15) is 11.5 Å². The van der Waals surface area contributed by atoms with Crippen LogP contribution < -0.4 is 20.1 Å². The van der Waals surface area contributed by atoms with Gasteiger partial charge in [0, 0.05) is 46.4 Å². The van der Waals surface area contributed by atoms with Gasteiger partial charge >= 0.3 is 6.03 Å². The van der Waals surface area contributed by atoms with Crippen LogP contribution in [0.15, 0.2) is 83.9 Å². The molecule has 0 saturated heterocycles. The molecule has 8 heteroatoms. The molecule has 7 nitrogen and oxygen atoms in total. The van der Waals surface area contributed by atoms with Gasteiger partial charge in [-0.05, 0) is 68.5 Å². The lowest BCUT2D eigenvalue weighted by atomic mass is 10.1. The van der Waals surface area contributed by atoms with Crippen molar-refractivity contribution in [3.63, 3.8) is 0 Å². The number of pyridine rings is 1. The number of aromatic nitrogens is 1. The minimum atomic E-state index is -0.138. The van der Waals surface area contributed by atoms with Crippen LogP contribution in [0.5, 0.6) is 11.5 Å². The van der Waals surface area contributed by atoms with Crippen molar-refractivity contribution >= 4 is 40.1 Å². The van der Waals surface area contributed by atoms with Gasteiger partial charge in [0.15, 0.2) is 0 Å². The van der Waals surface area contributed by atoms with Gasteiger partial charge < -0.3 is 25.0 Å². The number of anilines is 2. The highest BCUT2D eigenvalue weighted by Gasteiger charge is 2.17. The molecule has 0 aliphatic heterocycles. The summed E-state index contributed by atoms with van der Waals surface area (Å²) in [7, 11) is 3.32. The topological polar surface area (TPSA) is 75.7 Å². The molecule has 0 bridgehead atoms. The van der Waals surface area contributed by atoms with Crippen molar-refractivity contribution in [3.05, 3.63) is 84.6 Å². The standard InChI is InChI=1S/C31H36N4O3S/c1-22(33-28-20-26(37-2)19-23-11-7-17-32-30(23)28)9-8-18-35(21-24-10-5-6-12-29(24)38-3)31(36)34-25-13-15-27(39-4)16-14-25/h5-7,10-17,19-20,22,33H,8-9,18,21H2,1-4H3,(H,34,36). The van der Waals surface area contributed by atoms with E-state index in [2.05, 4.69) is 22.5 Å². The van der Waals surface area contributed by atoms with Crippen LogP contribution >= 0.6 is 11.8 Å². The van der Waals surface area contributed by atoms with Crippen LogP contribution in [0.2, 0.25) is 0 Å². The number of carbonyl (C=O) groups is 1. The second kappa shape index (κ2) is 13.8. The Hall–Kier alpha value is -3.91. The van der Waals surface area contributed by atoms with E-state index in [-0.39, 0.29) is 12.1 Å². The predicted octanol–water partition coefficient (Wildman–Crippen LogP) is 7.29. The van der Waals surface area contributed by atoms with E-state index < -0.39 is 0 Å². The van der Waals surface area contributed by atoms with Crippen molar-refractivity contribution < 1.29 is 14.3 Å². The summed E-state index contributed by atoms with van der Waals surface area (Å²) in [5.74, 6) is 1.56. The van der Waals surface area contributed by atoms with E-state index in [0.717, 1.165) is 57.1 Å². The third-order valence-corrected chi connectivity index (χ3v) is 7.31. The van der Waals surface area contributed by atoms with Gasteiger partial charge in [-0.25, -0.2) is 4.79 Å². The van der Waals surface area contributed by atoms with Gasteiger partial charge in [0.25, 0.3) is 0 Å². The lowest BCUT2D eigenvalue weighted by Crippen LogP contribution is -2.36. The van der Waals surface area contributed by atoms with Crippen molar-refractivity contribution in [2.24, 2.45) is 0 Å². The number of para-hydroxylation sites is 1. The summed E-state index contributed by atoms with van der Waals surface area (Å²) < 4.78 is 11.0. The molecule has 0 aliphatic rings. The fourth-order valence-electron chi connectivity index (χ4n) is 4.49. The van der Waals surface area contributed by atoms with Gasteiger partial charge in [-0.1, -0.05) is 24.3 Å². The molecule has 39 heavy (non-hydrogen) atoms. The third kappa shape index (κ3) is 7.57. The molecule has 0 aliphatic carbocycles. The second-order valence-electron chi connectivity index (χ2n) is 9.33. The summed E-state index contributed by atoms with van der Waals surface area (Å²) in [6, 6.07) is 23.7. The monoisotopic (exact) mass is 544 g/mol. The van der Waals surface area contributed by atoms with Gasteiger partial charge in [0.2, 0.25) is 0 Å². The smallest absolute Gasteiger partial charge is 0.322 e. The molecule has 0 spiro atoms. The van der Waals surface area contributed by atoms with E-state index in [1.807, 2.05) is 84.0 Å². The number of fused-ring (bicyclic) bond motifs is 1. The maximum atomic E-state index is 13.4. The first kappa shape index (κ1) is 28.1. The number of thioether (sulfide) groups is 1. The Morgan fingerprint density at radius 2 is 1.82 bits per heavy atom. The number of hydrogen-bond acceptors (Lipinski definition) is 6. The van der Waals surface area contributed by atoms with E-state index in [4.69, 9.17) is 9.47 Å². The highest BCUT2D eigenvalue weighted by atomic mass is 32.2. The summed E-state index contributed by atoms with van der Waals surface area (Å²) in [4.78, 5) is 20.9. The van der Waals surface area contributed by atoms with Crippen molar-refractivity contribution in [3.8, 4) is 11.5 Å². The quantitative estimate of drug-likeness (QED) is 0.182. The first-order chi connectivity index (χ1) is 19.0. The Bertz CT molecular complexity index is 1380. The van der Waals surface area contributed by atoms with Crippen LogP contribution in [0.1, 0.15) is 25.3 Å². The van der Waals surface area contributed by atoms with Gasteiger partial charge in [-0.2, -0.15) is 0 Å². The molecular weight excluding hydrogens is 508 g/mol. The van der Waals surface area contributed by atoms with Crippen LogP contribution in [0.4, 0.5) is 16.2 Å². The number of methoxy groups -OCH3 is 2. The number of benzene rings is 3. The van der Waals surface area contributed by atoms with Gasteiger partial charge in [0.05, 0.1) is 32.0 Å². The molecule has 204 valence electrons. The van der Waals surface area contributed by atoms with Crippen LogP contribution in [0.25, 0.3) is 10.9 Å². The first-order valence-corrected chi connectivity index (χ1v) is 14.2. The predicted molar refractivity (Wildman–Crippen MR) is 161 cm³/mol.